The van der Waals surface area contributed by atoms with Gasteiger partial charge in [0.05, 0.1) is 11.0 Å². The Morgan fingerprint density at radius 1 is 0.882 bits per heavy atom. The molecular weight excluding hydrogens is 284 g/mol. The molecule has 0 fully saturated rings. The van der Waals surface area contributed by atoms with E-state index in [0.29, 0.717) is 0 Å². The minimum Gasteiger partial charge on any atom is -0.325 e. The van der Waals surface area contributed by atoms with Crippen LogP contribution in [0.15, 0.2) is 0 Å². The van der Waals surface area contributed by atoms with Gasteiger partial charge in [-0.1, -0.05) is 0 Å². The lowest BCUT2D eigenvalue weighted by atomic mass is 10.0. The predicted octanol–water partition coefficient (Wildman–Crippen LogP) is 2.81. The molecule has 0 aromatic heterocycles. The molecule has 0 radical (unpaired) electrons. The van der Waals surface area contributed by atoms with Crippen molar-refractivity contribution in [3.63, 3.8) is 0 Å². The van der Waals surface area contributed by atoms with Crippen LogP contribution in [0, 0.1) is 0 Å². The zero-order valence-electron chi connectivity index (χ0n) is 10.9. The summed E-state index contributed by atoms with van der Waals surface area (Å²) in [6, 6.07) is 0. The van der Waals surface area contributed by atoms with Crippen molar-refractivity contribution < 1.29 is 23.8 Å². The summed E-state index contributed by atoms with van der Waals surface area (Å²) in [5, 5.41) is 0. The van der Waals surface area contributed by atoms with Crippen LogP contribution in [0.1, 0.15) is 41.5 Å². The van der Waals surface area contributed by atoms with Crippen LogP contribution >= 0.6 is 24.5 Å². The molecule has 104 valence electrons. The maximum atomic E-state index is 12.2. The highest BCUT2D eigenvalue weighted by Gasteiger charge is 2.47. The van der Waals surface area contributed by atoms with Crippen LogP contribution in [0.4, 0.5) is 0 Å². The third-order valence-corrected chi connectivity index (χ3v) is 9.46. The van der Waals surface area contributed by atoms with Gasteiger partial charge in [0.15, 0.2) is 0 Å². The van der Waals surface area contributed by atoms with E-state index in [1.807, 2.05) is 0 Å². The monoisotopic (exact) mass is 305 g/mol. The quantitative estimate of drug-likeness (QED) is 0.690. The Hall–Kier alpha value is 0.650. The second kappa shape index (κ2) is 4.97. The molecule has 0 rings (SSSR count). The van der Waals surface area contributed by atoms with Gasteiger partial charge in [0, 0.05) is 11.1 Å². The van der Waals surface area contributed by atoms with Crippen molar-refractivity contribution in [3.8, 4) is 0 Å². The van der Waals surface area contributed by atoms with E-state index in [0.717, 1.165) is 0 Å². The fraction of sp³-hybridized carbons (Fsp3) is 1.00. The van der Waals surface area contributed by atoms with E-state index < -0.39 is 24.6 Å². The van der Waals surface area contributed by atoms with Gasteiger partial charge < -0.3 is 14.7 Å². The van der Waals surface area contributed by atoms with E-state index in [1.54, 1.807) is 41.5 Å². The first-order valence-electron chi connectivity index (χ1n) is 4.98. The molecular formula is C8H21NO5P2S. The van der Waals surface area contributed by atoms with E-state index in [9.17, 15) is 14.0 Å². The summed E-state index contributed by atoms with van der Waals surface area (Å²) < 4.78 is 24.3. The summed E-state index contributed by atoms with van der Waals surface area (Å²) in [5.74, 6) is 0. The SMILES string of the molecule is CC(C)(C)N(C(C)(C)C)P(=O)(O)SP(=O)(O)O. The average Bonchev–Trinajstić information content (AvgIpc) is 1.66. The normalized spacial score (nSPS) is 18.2. The molecule has 0 aliphatic heterocycles. The molecule has 0 amide bonds. The van der Waals surface area contributed by atoms with Gasteiger partial charge in [-0.3, -0.25) is 4.57 Å². The molecule has 0 saturated heterocycles. The first-order valence-corrected chi connectivity index (χ1v) is 10.2. The number of hydrogen-bond donors (Lipinski definition) is 3. The third kappa shape index (κ3) is 5.88. The van der Waals surface area contributed by atoms with Crippen molar-refractivity contribution in [1.82, 2.24) is 4.67 Å². The van der Waals surface area contributed by atoms with Gasteiger partial charge in [0.2, 0.25) is 0 Å². The van der Waals surface area contributed by atoms with Crippen LogP contribution in [-0.2, 0) is 9.13 Å². The van der Waals surface area contributed by atoms with Crippen LogP contribution in [0.25, 0.3) is 0 Å². The van der Waals surface area contributed by atoms with Crippen molar-refractivity contribution in [2.24, 2.45) is 0 Å². The number of hydrogen-bond acceptors (Lipinski definition) is 3. The largest absolute Gasteiger partial charge is 0.394 e. The highest BCUT2D eigenvalue weighted by atomic mass is 33.1. The second-order valence-electron chi connectivity index (χ2n) is 5.72. The Kier molecular flexibility index (Phi) is 5.16. The maximum Gasteiger partial charge on any atom is 0.394 e. The van der Waals surface area contributed by atoms with Crippen LogP contribution in [-0.4, -0.2) is 30.4 Å². The minimum absolute atomic E-state index is 0.175. The highest BCUT2D eigenvalue weighted by Crippen LogP contribution is 2.75. The molecule has 17 heavy (non-hydrogen) atoms. The van der Waals surface area contributed by atoms with Gasteiger partial charge in [0.25, 0.3) is 0 Å². The van der Waals surface area contributed by atoms with Crippen LogP contribution in [0.3, 0.4) is 0 Å². The molecule has 0 spiro atoms. The molecule has 0 aromatic carbocycles. The summed E-state index contributed by atoms with van der Waals surface area (Å²) in [6.45, 7) is 1.54. The Bertz CT molecular complexity index is 353. The van der Waals surface area contributed by atoms with Gasteiger partial charge in [0.1, 0.15) is 0 Å². The van der Waals surface area contributed by atoms with Gasteiger partial charge in [-0.25, -0.2) is 9.24 Å². The van der Waals surface area contributed by atoms with E-state index >= 15 is 0 Å². The lowest BCUT2D eigenvalue weighted by Crippen LogP contribution is -2.49. The van der Waals surface area contributed by atoms with Crippen molar-refractivity contribution in [1.29, 1.82) is 0 Å². The molecule has 0 heterocycles. The van der Waals surface area contributed by atoms with Crippen LogP contribution < -0.4 is 0 Å². The molecule has 0 aromatic rings. The molecule has 3 N–H and O–H groups in total. The molecule has 0 saturated carbocycles. The van der Waals surface area contributed by atoms with Gasteiger partial charge >= 0.3 is 13.5 Å². The Morgan fingerprint density at radius 3 is 1.35 bits per heavy atom. The Morgan fingerprint density at radius 2 is 1.18 bits per heavy atom. The highest BCUT2D eigenvalue weighted by molar-refractivity contribution is 8.84. The fourth-order valence-corrected chi connectivity index (χ4v) is 9.48. The average molecular weight is 305 g/mol. The summed E-state index contributed by atoms with van der Waals surface area (Å²) in [5.41, 5.74) is -1.38. The molecule has 6 nitrogen and oxygen atoms in total. The van der Waals surface area contributed by atoms with Gasteiger partial charge in [-0.05, 0) is 41.5 Å². The smallest absolute Gasteiger partial charge is 0.325 e. The number of rotatable bonds is 3. The summed E-state index contributed by atoms with van der Waals surface area (Å²) in [7, 11) is 0. The fourth-order valence-electron chi connectivity index (χ4n) is 1.94. The molecule has 0 aliphatic carbocycles. The van der Waals surface area contributed by atoms with Crippen LogP contribution in [0.2, 0.25) is 0 Å². The Balaban J connectivity index is 5.50. The maximum absolute atomic E-state index is 12.2. The van der Waals surface area contributed by atoms with E-state index in [2.05, 4.69) is 0 Å². The van der Waals surface area contributed by atoms with E-state index in [1.165, 1.54) is 4.67 Å². The summed E-state index contributed by atoms with van der Waals surface area (Å²) >= 11 is -0.175. The molecule has 0 bridgehead atoms. The Labute approximate surface area is 106 Å². The molecule has 1 atom stereocenters. The topological polar surface area (TPSA) is 98.1 Å². The summed E-state index contributed by atoms with van der Waals surface area (Å²) in [4.78, 5) is 27.6. The minimum atomic E-state index is -4.62. The van der Waals surface area contributed by atoms with Crippen molar-refractivity contribution in [2.75, 3.05) is 0 Å². The zero-order chi connectivity index (χ0) is 14.3. The second-order valence-corrected chi connectivity index (χ2v) is 13.1. The lowest BCUT2D eigenvalue weighted by molar-refractivity contribution is 0.126. The zero-order valence-corrected chi connectivity index (χ0v) is 13.5. The first-order chi connectivity index (χ1) is 7.07. The van der Waals surface area contributed by atoms with Crippen molar-refractivity contribution in [3.05, 3.63) is 0 Å². The summed E-state index contributed by atoms with van der Waals surface area (Å²) in [6.07, 6.45) is 0. The predicted molar refractivity (Wildman–Crippen MR) is 70.8 cm³/mol. The van der Waals surface area contributed by atoms with E-state index in [-0.39, 0.29) is 11.0 Å². The van der Waals surface area contributed by atoms with Gasteiger partial charge in [-0.2, -0.15) is 0 Å². The third-order valence-electron chi connectivity index (χ3n) is 1.74. The molecule has 0 aliphatic rings. The first kappa shape index (κ1) is 17.6. The lowest BCUT2D eigenvalue weighted by Gasteiger charge is -2.46. The van der Waals surface area contributed by atoms with Crippen LogP contribution in [0.5, 0.6) is 0 Å². The molecule has 1 unspecified atom stereocenters. The molecule has 9 heteroatoms. The van der Waals surface area contributed by atoms with Gasteiger partial charge in [-0.15, -0.1) is 0 Å². The van der Waals surface area contributed by atoms with Crippen molar-refractivity contribution >= 4 is 24.5 Å². The van der Waals surface area contributed by atoms with Crippen molar-refractivity contribution in [2.45, 2.75) is 52.6 Å². The number of nitrogens with zero attached hydrogens (tertiary/aromatic N) is 1. The van der Waals surface area contributed by atoms with E-state index in [4.69, 9.17) is 9.79 Å². The standard InChI is InChI=1S/C8H21NO5P2S/c1-7(2,3)9(8(4,5)6)15(10,11)17-16(12,13)14/h1-6H3,(H,10,11)(H2,12,13,14).